The van der Waals surface area contributed by atoms with E-state index in [0.29, 0.717) is 6.04 Å². The molecule has 1 aromatic rings. The van der Waals surface area contributed by atoms with E-state index in [-0.39, 0.29) is 0 Å². The Morgan fingerprint density at radius 1 is 1.37 bits per heavy atom. The predicted molar refractivity (Wildman–Crippen MR) is 96.0 cm³/mol. The van der Waals surface area contributed by atoms with Crippen LogP contribution in [-0.4, -0.2) is 34.6 Å². The second-order valence-corrected chi connectivity index (χ2v) is 9.30. The largest absolute Gasteiger partial charge is 0.313 e. The second-order valence-electron chi connectivity index (χ2n) is 4.75. The molecule has 1 aliphatic rings. The van der Waals surface area contributed by atoms with E-state index in [1.54, 1.807) is 0 Å². The first-order valence-electron chi connectivity index (χ1n) is 6.94. The minimum absolute atomic E-state index is 0.610. The zero-order valence-corrected chi connectivity index (χ0v) is 15.6. The van der Waals surface area contributed by atoms with Gasteiger partial charge in [-0.1, -0.05) is 13.8 Å². The van der Waals surface area contributed by atoms with Crippen LogP contribution >= 0.6 is 50.8 Å². The Balaban J connectivity index is 2.05. The van der Waals surface area contributed by atoms with Gasteiger partial charge in [0.15, 0.2) is 0 Å². The van der Waals surface area contributed by atoms with Crippen molar-refractivity contribution in [2.75, 3.05) is 18.1 Å². The van der Waals surface area contributed by atoms with E-state index in [4.69, 9.17) is 0 Å². The summed E-state index contributed by atoms with van der Waals surface area (Å²) in [7, 11) is 0. The van der Waals surface area contributed by atoms with Crippen LogP contribution in [0.5, 0.6) is 0 Å². The van der Waals surface area contributed by atoms with Gasteiger partial charge < -0.3 is 5.32 Å². The molecular weight excluding hydrogens is 358 g/mol. The average molecular weight is 380 g/mol. The van der Waals surface area contributed by atoms with Crippen molar-refractivity contribution in [2.45, 2.75) is 43.2 Å². The van der Waals surface area contributed by atoms with Gasteiger partial charge in [0.1, 0.15) is 0 Å². The van der Waals surface area contributed by atoms with Crippen molar-refractivity contribution >= 4 is 50.8 Å². The predicted octanol–water partition coefficient (Wildman–Crippen LogP) is 4.66. The molecular formula is C14H22BrNS3. The number of likely N-dealkylation sites (N-methyl/N-ethyl adjacent to an activating group) is 1. The van der Waals surface area contributed by atoms with Crippen molar-refractivity contribution in [1.82, 2.24) is 5.32 Å². The summed E-state index contributed by atoms with van der Waals surface area (Å²) in [6.45, 7) is 5.62. The fourth-order valence-electron chi connectivity index (χ4n) is 2.56. The van der Waals surface area contributed by atoms with Gasteiger partial charge in [0.05, 0.1) is 0 Å². The van der Waals surface area contributed by atoms with Crippen LogP contribution < -0.4 is 5.32 Å². The number of nitrogens with one attached hydrogen (secondary N) is 1. The summed E-state index contributed by atoms with van der Waals surface area (Å²) in [4.78, 5) is 1.49. The molecule has 1 aromatic heterocycles. The fourth-order valence-corrected chi connectivity index (χ4v) is 7.33. The zero-order valence-electron chi connectivity index (χ0n) is 11.5. The molecule has 19 heavy (non-hydrogen) atoms. The number of halogens is 1. The minimum atomic E-state index is 0.610. The molecule has 0 radical (unpaired) electrons. The summed E-state index contributed by atoms with van der Waals surface area (Å²) < 4.78 is 1.22. The van der Waals surface area contributed by atoms with Crippen molar-refractivity contribution in [2.24, 2.45) is 0 Å². The van der Waals surface area contributed by atoms with Gasteiger partial charge in [-0.25, -0.2) is 0 Å². The number of hydrogen-bond acceptors (Lipinski definition) is 4. The summed E-state index contributed by atoms with van der Waals surface area (Å²) in [6.07, 6.45) is 2.46. The number of thiophene rings is 1. The van der Waals surface area contributed by atoms with Gasteiger partial charge in [0.25, 0.3) is 0 Å². The molecule has 0 amide bonds. The molecule has 2 rings (SSSR count). The number of thioether (sulfide) groups is 2. The molecule has 1 fully saturated rings. The van der Waals surface area contributed by atoms with Gasteiger partial charge in [-0.3, -0.25) is 0 Å². The lowest BCUT2D eigenvalue weighted by molar-refractivity contribution is 0.492. The van der Waals surface area contributed by atoms with Crippen LogP contribution in [0.1, 0.15) is 25.1 Å². The zero-order chi connectivity index (χ0) is 13.7. The summed E-state index contributed by atoms with van der Waals surface area (Å²) in [6, 6.07) is 2.88. The summed E-state index contributed by atoms with van der Waals surface area (Å²) in [5, 5.41) is 7.49. The molecule has 0 bridgehead atoms. The third-order valence-electron chi connectivity index (χ3n) is 3.40. The van der Waals surface area contributed by atoms with Crippen LogP contribution in [0, 0.1) is 0 Å². The lowest BCUT2D eigenvalue weighted by atomic mass is 10.0. The number of rotatable bonds is 6. The Labute approximate surface area is 137 Å². The molecule has 3 unspecified atom stereocenters. The Hall–Kier alpha value is 0.840. The maximum absolute atomic E-state index is 3.73. The highest BCUT2D eigenvalue weighted by Crippen LogP contribution is 2.36. The van der Waals surface area contributed by atoms with Gasteiger partial charge in [0.2, 0.25) is 0 Å². The first-order chi connectivity index (χ1) is 9.24. The van der Waals surface area contributed by atoms with Gasteiger partial charge >= 0.3 is 0 Å². The molecule has 0 aliphatic carbocycles. The molecule has 0 spiro atoms. The quantitative estimate of drug-likeness (QED) is 0.771. The molecule has 1 aliphatic heterocycles. The average Bonchev–Trinajstić information content (AvgIpc) is 2.84. The Bertz CT molecular complexity index is 383. The molecule has 1 nitrogen and oxygen atoms in total. The van der Waals surface area contributed by atoms with Gasteiger partial charge in [-0.15, -0.1) is 11.3 Å². The monoisotopic (exact) mass is 379 g/mol. The van der Waals surface area contributed by atoms with Crippen molar-refractivity contribution in [3.05, 3.63) is 20.8 Å². The lowest BCUT2D eigenvalue weighted by Gasteiger charge is -2.36. The van der Waals surface area contributed by atoms with Crippen molar-refractivity contribution in [3.8, 4) is 0 Å². The summed E-state index contributed by atoms with van der Waals surface area (Å²) in [5.74, 6) is 2.63. The van der Waals surface area contributed by atoms with Crippen LogP contribution in [0.25, 0.3) is 0 Å². The van der Waals surface area contributed by atoms with Gasteiger partial charge in [0, 0.05) is 42.8 Å². The maximum atomic E-state index is 3.73. The smallest absolute Gasteiger partial charge is 0.0323 e. The fraction of sp³-hybridized carbons (Fsp3) is 0.714. The van der Waals surface area contributed by atoms with Crippen LogP contribution in [0.15, 0.2) is 15.9 Å². The maximum Gasteiger partial charge on any atom is 0.0323 e. The van der Waals surface area contributed by atoms with E-state index in [1.807, 2.05) is 11.3 Å². The van der Waals surface area contributed by atoms with Crippen LogP contribution in [-0.2, 0) is 6.42 Å². The van der Waals surface area contributed by atoms with E-state index in [1.165, 1.54) is 33.7 Å². The molecule has 0 saturated carbocycles. The highest BCUT2D eigenvalue weighted by Gasteiger charge is 2.31. The molecule has 5 heteroatoms. The normalized spacial score (nSPS) is 25.4. The van der Waals surface area contributed by atoms with E-state index in [2.05, 4.69) is 70.1 Å². The van der Waals surface area contributed by atoms with Crippen molar-refractivity contribution in [1.29, 1.82) is 0 Å². The van der Waals surface area contributed by atoms with E-state index < -0.39 is 0 Å². The first-order valence-corrected chi connectivity index (χ1v) is 10.7. The third kappa shape index (κ3) is 4.67. The molecule has 0 aromatic carbocycles. The SMILES string of the molecule is CCNC(Cc1cc(Br)cs1)C1SCCSC1CC. The van der Waals surface area contributed by atoms with Crippen LogP contribution in [0.2, 0.25) is 0 Å². The molecule has 1 saturated heterocycles. The second kappa shape index (κ2) is 8.32. The Morgan fingerprint density at radius 2 is 2.16 bits per heavy atom. The van der Waals surface area contributed by atoms with Crippen LogP contribution in [0.3, 0.4) is 0 Å². The number of hydrogen-bond donors (Lipinski definition) is 1. The van der Waals surface area contributed by atoms with E-state index in [0.717, 1.165) is 17.0 Å². The Kier molecular flexibility index (Phi) is 7.10. The van der Waals surface area contributed by atoms with Gasteiger partial charge in [-0.05, 0) is 41.4 Å². The highest BCUT2D eigenvalue weighted by molar-refractivity contribution is 9.10. The Morgan fingerprint density at radius 3 is 2.79 bits per heavy atom. The summed E-state index contributed by atoms with van der Waals surface area (Å²) >= 11 is 9.79. The highest BCUT2D eigenvalue weighted by atomic mass is 79.9. The molecule has 3 atom stereocenters. The molecule has 2 heterocycles. The molecule has 108 valence electrons. The minimum Gasteiger partial charge on any atom is -0.313 e. The molecule has 1 N–H and O–H groups in total. The van der Waals surface area contributed by atoms with E-state index >= 15 is 0 Å². The van der Waals surface area contributed by atoms with Gasteiger partial charge in [-0.2, -0.15) is 23.5 Å². The topological polar surface area (TPSA) is 12.0 Å². The standard InChI is InChI=1S/C14H22BrNS3/c1-3-13-14(18-6-5-17-13)12(16-4-2)8-11-7-10(15)9-19-11/h7,9,12-14,16H,3-6,8H2,1-2H3. The van der Waals surface area contributed by atoms with E-state index in [9.17, 15) is 0 Å². The summed E-state index contributed by atoms with van der Waals surface area (Å²) in [5.41, 5.74) is 0. The lowest BCUT2D eigenvalue weighted by Crippen LogP contribution is -2.46. The first kappa shape index (κ1) is 16.2. The third-order valence-corrected chi connectivity index (χ3v) is 8.53. The van der Waals surface area contributed by atoms with Crippen molar-refractivity contribution in [3.63, 3.8) is 0 Å². The van der Waals surface area contributed by atoms with Crippen LogP contribution in [0.4, 0.5) is 0 Å². The van der Waals surface area contributed by atoms with Crippen molar-refractivity contribution < 1.29 is 0 Å².